The van der Waals surface area contributed by atoms with Crippen molar-refractivity contribution < 1.29 is 9.59 Å². The molecule has 0 bridgehead atoms. The predicted molar refractivity (Wildman–Crippen MR) is 89.3 cm³/mol. The van der Waals surface area contributed by atoms with Crippen molar-refractivity contribution in [2.45, 2.75) is 19.4 Å². The SMILES string of the molecule is CC(C)(NC(=O)Nc1ccccc1)C(=O)NCC1CNC1.Cl. The lowest BCUT2D eigenvalue weighted by Crippen LogP contribution is -2.58. The first-order valence-corrected chi connectivity index (χ1v) is 7.10. The van der Waals surface area contributed by atoms with Crippen molar-refractivity contribution in [1.29, 1.82) is 0 Å². The van der Waals surface area contributed by atoms with Gasteiger partial charge < -0.3 is 21.3 Å². The van der Waals surface area contributed by atoms with Gasteiger partial charge in [0.2, 0.25) is 5.91 Å². The minimum Gasteiger partial charge on any atom is -0.354 e. The Hall–Kier alpha value is -1.79. The summed E-state index contributed by atoms with van der Waals surface area (Å²) in [7, 11) is 0. The van der Waals surface area contributed by atoms with Gasteiger partial charge >= 0.3 is 6.03 Å². The van der Waals surface area contributed by atoms with Crippen molar-refractivity contribution in [3.05, 3.63) is 30.3 Å². The van der Waals surface area contributed by atoms with Gasteiger partial charge in [-0.3, -0.25) is 4.79 Å². The number of nitrogens with one attached hydrogen (secondary N) is 4. The van der Waals surface area contributed by atoms with Gasteiger partial charge in [-0.2, -0.15) is 0 Å². The standard InChI is InChI=1S/C15H22N4O2.ClH/c1-15(2,13(20)17-10-11-8-16-9-11)19-14(21)18-12-6-4-3-5-7-12;/h3-7,11,16H,8-10H2,1-2H3,(H,17,20)(H2,18,19,21);1H. The molecule has 0 unspecified atom stereocenters. The van der Waals surface area contributed by atoms with Crippen molar-refractivity contribution in [2.24, 2.45) is 5.92 Å². The molecule has 1 aliphatic heterocycles. The molecule has 6 nitrogen and oxygen atoms in total. The van der Waals surface area contributed by atoms with Crippen LogP contribution in [0.15, 0.2) is 30.3 Å². The van der Waals surface area contributed by atoms with E-state index < -0.39 is 11.6 Å². The molecule has 122 valence electrons. The molecular formula is C15H23ClN4O2. The largest absolute Gasteiger partial charge is 0.354 e. The molecule has 3 amide bonds. The number of carbonyl (C=O) groups is 2. The van der Waals surface area contributed by atoms with E-state index in [2.05, 4.69) is 21.3 Å². The van der Waals surface area contributed by atoms with Gasteiger partial charge in [-0.05, 0) is 26.0 Å². The Kier molecular flexibility index (Phi) is 6.64. The summed E-state index contributed by atoms with van der Waals surface area (Å²) in [5.41, 5.74) is -0.275. The Morgan fingerprint density at radius 3 is 2.41 bits per heavy atom. The van der Waals surface area contributed by atoms with E-state index in [-0.39, 0.29) is 18.3 Å². The molecule has 0 spiro atoms. The molecule has 1 aromatic carbocycles. The van der Waals surface area contributed by atoms with E-state index in [0.717, 1.165) is 13.1 Å². The Morgan fingerprint density at radius 1 is 1.23 bits per heavy atom. The van der Waals surface area contributed by atoms with Gasteiger partial charge in [-0.1, -0.05) is 18.2 Å². The van der Waals surface area contributed by atoms with Gasteiger partial charge in [-0.25, -0.2) is 4.79 Å². The maximum atomic E-state index is 12.1. The smallest absolute Gasteiger partial charge is 0.320 e. The highest BCUT2D eigenvalue weighted by atomic mass is 35.5. The van der Waals surface area contributed by atoms with Crippen LogP contribution in [-0.2, 0) is 4.79 Å². The van der Waals surface area contributed by atoms with Crippen LogP contribution in [0, 0.1) is 5.92 Å². The van der Waals surface area contributed by atoms with Gasteiger partial charge in [0.15, 0.2) is 0 Å². The maximum Gasteiger partial charge on any atom is 0.320 e. The summed E-state index contributed by atoms with van der Waals surface area (Å²) >= 11 is 0. The van der Waals surface area contributed by atoms with Gasteiger partial charge in [0.05, 0.1) is 0 Å². The third kappa shape index (κ3) is 5.20. The van der Waals surface area contributed by atoms with Crippen molar-refractivity contribution in [2.75, 3.05) is 25.0 Å². The number of benzene rings is 1. The molecule has 1 heterocycles. The zero-order valence-electron chi connectivity index (χ0n) is 12.8. The van der Waals surface area contributed by atoms with Crippen LogP contribution in [-0.4, -0.2) is 37.1 Å². The monoisotopic (exact) mass is 326 g/mol. The van der Waals surface area contributed by atoms with Crippen LogP contribution in [0.2, 0.25) is 0 Å². The number of urea groups is 1. The highest BCUT2D eigenvalue weighted by molar-refractivity contribution is 5.95. The molecule has 1 aliphatic rings. The maximum absolute atomic E-state index is 12.1. The summed E-state index contributed by atoms with van der Waals surface area (Å²) in [4.78, 5) is 24.0. The van der Waals surface area contributed by atoms with E-state index in [1.165, 1.54) is 0 Å². The molecule has 0 radical (unpaired) electrons. The fraction of sp³-hybridized carbons (Fsp3) is 0.467. The van der Waals surface area contributed by atoms with Crippen LogP contribution in [0.3, 0.4) is 0 Å². The van der Waals surface area contributed by atoms with Gasteiger partial charge in [0.25, 0.3) is 0 Å². The summed E-state index contributed by atoms with van der Waals surface area (Å²) in [6.07, 6.45) is 0. The zero-order chi connectivity index (χ0) is 15.3. The van der Waals surface area contributed by atoms with Crippen molar-refractivity contribution in [3.63, 3.8) is 0 Å². The Bertz CT molecular complexity index is 504. The second-order valence-corrected chi connectivity index (χ2v) is 5.80. The van der Waals surface area contributed by atoms with Crippen LogP contribution in [0.4, 0.5) is 10.5 Å². The first-order valence-electron chi connectivity index (χ1n) is 7.10. The molecule has 7 heteroatoms. The lowest BCUT2D eigenvalue weighted by molar-refractivity contribution is -0.126. The Balaban J connectivity index is 0.00000242. The molecule has 1 saturated heterocycles. The fourth-order valence-corrected chi connectivity index (χ4v) is 1.98. The van der Waals surface area contributed by atoms with Crippen molar-refractivity contribution in [1.82, 2.24) is 16.0 Å². The minimum absolute atomic E-state index is 0. The molecule has 0 atom stereocenters. The minimum atomic E-state index is -0.962. The lowest BCUT2D eigenvalue weighted by atomic mass is 10.0. The molecule has 0 saturated carbocycles. The van der Waals surface area contributed by atoms with Crippen molar-refractivity contribution in [3.8, 4) is 0 Å². The first-order chi connectivity index (χ1) is 9.97. The van der Waals surface area contributed by atoms with E-state index >= 15 is 0 Å². The molecular weight excluding hydrogens is 304 g/mol. The highest BCUT2D eigenvalue weighted by Gasteiger charge is 2.30. The second-order valence-electron chi connectivity index (χ2n) is 5.80. The number of hydrogen-bond acceptors (Lipinski definition) is 3. The number of carbonyl (C=O) groups excluding carboxylic acids is 2. The van der Waals surface area contributed by atoms with Crippen LogP contribution in [0.25, 0.3) is 0 Å². The van der Waals surface area contributed by atoms with E-state index in [9.17, 15) is 9.59 Å². The summed E-state index contributed by atoms with van der Waals surface area (Å²) in [6.45, 7) is 5.88. The number of amides is 3. The predicted octanol–water partition coefficient (Wildman–Crippen LogP) is 1.34. The lowest BCUT2D eigenvalue weighted by Gasteiger charge is -2.30. The second kappa shape index (κ2) is 8.00. The van der Waals surface area contributed by atoms with Crippen LogP contribution < -0.4 is 21.3 Å². The number of anilines is 1. The van der Waals surface area contributed by atoms with Crippen molar-refractivity contribution >= 4 is 30.0 Å². The van der Waals surface area contributed by atoms with E-state index in [1.807, 2.05) is 18.2 Å². The number of para-hydroxylation sites is 1. The summed E-state index contributed by atoms with van der Waals surface area (Å²) in [5, 5.41) is 11.4. The first kappa shape index (κ1) is 18.3. The molecule has 4 N–H and O–H groups in total. The summed E-state index contributed by atoms with van der Waals surface area (Å²) in [6, 6.07) is 8.72. The summed E-state index contributed by atoms with van der Waals surface area (Å²) < 4.78 is 0. The molecule has 1 aromatic rings. The number of halogens is 1. The zero-order valence-corrected chi connectivity index (χ0v) is 13.6. The number of rotatable bonds is 5. The van der Waals surface area contributed by atoms with E-state index in [1.54, 1.807) is 26.0 Å². The third-order valence-electron chi connectivity index (χ3n) is 3.44. The fourth-order valence-electron chi connectivity index (χ4n) is 1.98. The van der Waals surface area contributed by atoms with Crippen LogP contribution >= 0.6 is 12.4 Å². The van der Waals surface area contributed by atoms with Gasteiger partial charge in [0, 0.05) is 31.2 Å². The average molecular weight is 327 g/mol. The van der Waals surface area contributed by atoms with E-state index in [0.29, 0.717) is 18.2 Å². The molecule has 22 heavy (non-hydrogen) atoms. The number of hydrogen-bond donors (Lipinski definition) is 4. The van der Waals surface area contributed by atoms with Gasteiger partial charge in [-0.15, -0.1) is 12.4 Å². The quantitative estimate of drug-likeness (QED) is 0.659. The average Bonchev–Trinajstić information content (AvgIpc) is 2.37. The Morgan fingerprint density at radius 2 is 1.86 bits per heavy atom. The highest BCUT2D eigenvalue weighted by Crippen LogP contribution is 2.08. The topological polar surface area (TPSA) is 82.3 Å². The van der Waals surface area contributed by atoms with Crippen LogP contribution in [0.1, 0.15) is 13.8 Å². The van der Waals surface area contributed by atoms with Crippen LogP contribution in [0.5, 0.6) is 0 Å². The molecule has 2 rings (SSSR count). The third-order valence-corrected chi connectivity index (χ3v) is 3.44. The molecule has 0 aromatic heterocycles. The summed E-state index contributed by atoms with van der Waals surface area (Å²) in [5.74, 6) is 0.306. The van der Waals surface area contributed by atoms with E-state index in [4.69, 9.17) is 0 Å². The normalized spacial score (nSPS) is 14.3. The Labute approximate surface area is 136 Å². The van der Waals surface area contributed by atoms with Gasteiger partial charge in [0.1, 0.15) is 5.54 Å². The molecule has 0 aliphatic carbocycles. The molecule has 1 fully saturated rings.